The second-order valence-corrected chi connectivity index (χ2v) is 4.44. The molecule has 2 nitrogen and oxygen atoms in total. The monoisotopic (exact) mass is 222 g/mol. The van der Waals surface area contributed by atoms with Gasteiger partial charge in [-0.3, -0.25) is 0 Å². The van der Waals surface area contributed by atoms with Crippen LogP contribution in [-0.4, -0.2) is 25.7 Å². The average molecular weight is 222 g/mol. The summed E-state index contributed by atoms with van der Waals surface area (Å²) in [5, 5.41) is 3.45. The van der Waals surface area contributed by atoms with Crippen molar-refractivity contribution in [3.63, 3.8) is 0 Å². The molecule has 1 atom stereocenters. The quantitative estimate of drug-likeness (QED) is 0.785. The van der Waals surface area contributed by atoms with Crippen LogP contribution < -0.4 is 10.2 Å². The Bertz CT molecular complexity index is 340. The number of hydrogen-bond acceptors (Lipinski definition) is 2. The largest absolute Gasteiger partial charge is 0.369 e. The zero-order valence-electron chi connectivity index (χ0n) is 9.75. The van der Waals surface area contributed by atoms with Gasteiger partial charge in [0.1, 0.15) is 5.82 Å². The van der Waals surface area contributed by atoms with E-state index >= 15 is 0 Å². The number of nitrogens with one attached hydrogen (secondary N) is 1. The van der Waals surface area contributed by atoms with Crippen molar-refractivity contribution in [2.45, 2.75) is 25.8 Å². The van der Waals surface area contributed by atoms with Crippen molar-refractivity contribution in [2.24, 2.45) is 0 Å². The lowest BCUT2D eigenvalue weighted by Gasteiger charge is -2.29. The van der Waals surface area contributed by atoms with Gasteiger partial charge in [-0.1, -0.05) is 12.1 Å². The van der Waals surface area contributed by atoms with Gasteiger partial charge in [-0.05, 0) is 38.4 Å². The SMILES string of the molecule is CC1CCN(c2ccccc2F)CCCN1. The molecule has 0 radical (unpaired) electrons. The lowest BCUT2D eigenvalue weighted by molar-refractivity contribution is 0.471. The number of nitrogens with zero attached hydrogens (tertiary/aromatic N) is 1. The summed E-state index contributed by atoms with van der Waals surface area (Å²) < 4.78 is 13.6. The molecule has 0 aliphatic carbocycles. The Labute approximate surface area is 96.5 Å². The first kappa shape index (κ1) is 11.4. The highest BCUT2D eigenvalue weighted by molar-refractivity contribution is 5.47. The van der Waals surface area contributed by atoms with Gasteiger partial charge in [0.2, 0.25) is 0 Å². The molecule has 88 valence electrons. The summed E-state index contributed by atoms with van der Waals surface area (Å²) in [7, 11) is 0. The minimum Gasteiger partial charge on any atom is -0.369 e. The van der Waals surface area contributed by atoms with Crippen molar-refractivity contribution in [3.8, 4) is 0 Å². The number of hydrogen-bond donors (Lipinski definition) is 1. The maximum absolute atomic E-state index is 13.6. The third-order valence-electron chi connectivity index (χ3n) is 3.12. The fraction of sp³-hybridized carbons (Fsp3) is 0.538. The van der Waals surface area contributed by atoms with Gasteiger partial charge in [0, 0.05) is 19.1 Å². The Balaban J connectivity index is 2.10. The molecule has 0 saturated carbocycles. The molecular weight excluding hydrogens is 203 g/mol. The maximum atomic E-state index is 13.6. The number of rotatable bonds is 1. The molecule has 1 aromatic rings. The van der Waals surface area contributed by atoms with Crippen LogP contribution in [0.25, 0.3) is 0 Å². The van der Waals surface area contributed by atoms with Crippen LogP contribution in [0.5, 0.6) is 0 Å². The fourth-order valence-electron chi connectivity index (χ4n) is 2.13. The van der Waals surface area contributed by atoms with Gasteiger partial charge in [-0.25, -0.2) is 4.39 Å². The number of anilines is 1. The summed E-state index contributed by atoms with van der Waals surface area (Å²) in [5.41, 5.74) is 0.747. The Hall–Kier alpha value is -1.09. The molecule has 0 bridgehead atoms. The van der Waals surface area contributed by atoms with Crippen molar-refractivity contribution in [2.75, 3.05) is 24.5 Å². The molecule has 1 fully saturated rings. The molecule has 1 unspecified atom stereocenters. The van der Waals surface area contributed by atoms with Crippen LogP contribution in [0.2, 0.25) is 0 Å². The molecule has 0 aromatic heterocycles. The Morgan fingerprint density at radius 3 is 2.94 bits per heavy atom. The predicted molar refractivity (Wildman–Crippen MR) is 65.3 cm³/mol. The van der Waals surface area contributed by atoms with Gasteiger partial charge in [0.15, 0.2) is 0 Å². The van der Waals surface area contributed by atoms with Crippen molar-refractivity contribution < 1.29 is 4.39 Å². The van der Waals surface area contributed by atoms with Gasteiger partial charge >= 0.3 is 0 Å². The molecule has 2 rings (SSSR count). The third-order valence-corrected chi connectivity index (χ3v) is 3.12. The summed E-state index contributed by atoms with van der Waals surface area (Å²) in [5.74, 6) is -0.108. The lowest BCUT2D eigenvalue weighted by atomic mass is 10.1. The lowest BCUT2D eigenvalue weighted by Crippen LogP contribution is -2.38. The fourth-order valence-corrected chi connectivity index (χ4v) is 2.13. The standard InChI is InChI=1S/C13H19FN2/c1-11-7-10-16(9-4-8-15-11)13-6-3-2-5-12(13)14/h2-3,5-6,11,15H,4,7-10H2,1H3. The summed E-state index contributed by atoms with van der Waals surface area (Å²) in [6, 6.07) is 7.58. The van der Waals surface area contributed by atoms with Gasteiger partial charge < -0.3 is 10.2 Å². The van der Waals surface area contributed by atoms with E-state index in [2.05, 4.69) is 17.1 Å². The van der Waals surface area contributed by atoms with Crippen molar-refractivity contribution >= 4 is 5.69 Å². The molecule has 1 saturated heterocycles. The Morgan fingerprint density at radius 1 is 1.31 bits per heavy atom. The van der Waals surface area contributed by atoms with E-state index in [1.807, 2.05) is 12.1 Å². The van der Waals surface area contributed by atoms with E-state index in [0.29, 0.717) is 6.04 Å². The van der Waals surface area contributed by atoms with Crippen LogP contribution in [0.3, 0.4) is 0 Å². The molecule has 1 aromatic carbocycles. The molecule has 16 heavy (non-hydrogen) atoms. The smallest absolute Gasteiger partial charge is 0.146 e. The number of para-hydroxylation sites is 1. The zero-order valence-corrected chi connectivity index (χ0v) is 9.75. The molecule has 0 amide bonds. The molecule has 0 spiro atoms. The van der Waals surface area contributed by atoms with Crippen LogP contribution in [-0.2, 0) is 0 Å². The summed E-state index contributed by atoms with van der Waals surface area (Å²) >= 11 is 0. The first-order valence-corrected chi connectivity index (χ1v) is 6.00. The molecule has 1 heterocycles. The van der Waals surface area contributed by atoms with Crippen LogP contribution in [0.15, 0.2) is 24.3 Å². The van der Waals surface area contributed by atoms with Gasteiger partial charge in [0.05, 0.1) is 5.69 Å². The summed E-state index contributed by atoms with van der Waals surface area (Å²) in [4.78, 5) is 2.16. The van der Waals surface area contributed by atoms with E-state index in [0.717, 1.165) is 38.2 Å². The van der Waals surface area contributed by atoms with Crippen molar-refractivity contribution in [1.82, 2.24) is 5.32 Å². The zero-order chi connectivity index (χ0) is 11.4. The second kappa shape index (κ2) is 5.30. The molecule has 1 N–H and O–H groups in total. The maximum Gasteiger partial charge on any atom is 0.146 e. The average Bonchev–Trinajstić information content (AvgIpc) is 2.26. The third kappa shape index (κ3) is 2.73. The second-order valence-electron chi connectivity index (χ2n) is 4.44. The van der Waals surface area contributed by atoms with Crippen molar-refractivity contribution in [1.29, 1.82) is 0 Å². The van der Waals surface area contributed by atoms with Crippen LogP contribution in [0.1, 0.15) is 19.8 Å². The van der Waals surface area contributed by atoms with Crippen molar-refractivity contribution in [3.05, 3.63) is 30.1 Å². The van der Waals surface area contributed by atoms with E-state index in [-0.39, 0.29) is 5.82 Å². The van der Waals surface area contributed by atoms with Crippen LogP contribution in [0, 0.1) is 5.82 Å². The predicted octanol–water partition coefficient (Wildman–Crippen LogP) is 2.40. The highest BCUT2D eigenvalue weighted by Gasteiger charge is 2.14. The summed E-state index contributed by atoms with van der Waals surface area (Å²) in [6.07, 6.45) is 2.13. The first-order chi connectivity index (χ1) is 7.77. The van der Waals surface area contributed by atoms with Gasteiger partial charge in [-0.15, -0.1) is 0 Å². The van der Waals surface area contributed by atoms with E-state index in [4.69, 9.17) is 0 Å². The minimum atomic E-state index is -0.108. The number of benzene rings is 1. The van der Waals surface area contributed by atoms with Crippen LogP contribution >= 0.6 is 0 Å². The van der Waals surface area contributed by atoms with E-state index < -0.39 is 0 Å². The number of halogens is 1. The normalized spacial score (nSPS) is 22.6. The Kier molecular flexibility index (Phi) is 3.78. The van der Waals surface area contributed by atoms with E-state index in [1.54, 1.807) is 6.07 Å². The first-order valence-electron chi connectivity index (χ1n) is 6.00. The van der Waals surface area contributed by atoms with E-state index in [9.17, 15) is 4.39 Å². The molecule has 1 aliphatic rings. The van der Waals surface area contributed by atoms with E-state index in [1.165, 1.54) is 6.07 Å². The molecular formula is C13H19FN2. The highest BCUT2D eigenvalue weighted by atomic mass is 19.1. The topological polar surface area (TPSA) is 15.3 Å². The van der Waals surface area contributed by atoms with Gasteiger partial charge in [-0.2, -0.15) is 0 Å². The molecule has 3 heteroatoms. The van der Waals surface area contributed by atoms with Crippen LogP contribution in [0.4, 0.5) is 10.1 Å². The molecule has 1 aliphatic heterocycles. The van der Waals surface area contributed by atoms with Gasteiger partial charge in [0.25, 0.3) is 0 Å². The minimum absolute atomic E-state index is 0.108. The Morgan fingerprint density at radius 2 is 2.12 bits per heavy atom. The highest BCUT2D eigenvalue weighted by Crippen LogP contribution is 2.20. The summed E-state index contributed by atoms with van der Waals surface area (Å²) in [6.45, 7) is 5.06.